The van der Waals surface area contributed by atoms with Crippen molar-refractivity contribution < 1.29 is 9.53 Å². The van der Waals surface area contributed by atoms with Crippen molar-refractivity contribution in [3.8, 4) is 5.75 Å². The van der Waals surface area contributed by atoms with Crippen LogP contribution >= 0.6 is 39.3 Å². The highest BCUT2D eigenvalue weighted by Gasteiger charge is 2.12. The number of rotatable bonds is 7. The highest BCUT2D eigenvalue weighted by Crippen LogP contribution is 2.20. The number of hydrogen-bond donors (Lipinski definition) is 1. The summed E-state index contributed by atoms with van der Waals surface area (Å²) in [5.41, 5.74) is 0.741. The Labute approximate surface area is 174 Å². The first-order chi connectivity index (χ1) is 13.0. The van der Waals surface area contributed by atoms with Crippen LogP contribution in [0, 0.1) is 0 Å². The highest BCUT2D eigenvalue weighted by atomic mass is 79.9. The van der Waals surface area contributed by atoms with Crippen LogP contribution in [-0.4, -0.2) is 26.4 Å². The molecule has 1 aromatic heterocycles. The van der Waals surface area contributed by atoms with E-state index in [1.54, 1.807) is 24.3 Å². The molecule has 2 aromatic carbocycles. The van der Waals surface area contributed by atoms with Gasteiger partial charge in [-0.1, -0.05) is 45.4 Å². The van der Waals surface area contributed by atoms with Crippen molar-refractivity contribution in [2.45, 2.75) is 11.8 Å². The van der Waals surface area contributed by atoms with Gasteiger partial charge in [-0.25, -0.2) is 0 Å². The number of halogens is 2. The molecule has 3 aromatic rings. The van der Waals surface area contributed by atoms with Crippen molar-refractivity contribution in [2.75, 3.05) is 11.1 Å². The quantitative estimate of drug-likeness (QED) is 0.517. The molecule has 0 bridgehead atoms. The van der Waals surface area contributed by atoms with Gasteiger partial charge in [0.05, 0.1) is 5.75 Å². The van der Waals surface area contributed by atoms with Crippen LogP contribution in [0.1, 0.15) is 5.82 Å². The third-order valence-corrected chi connectivity index (χ3v) is 5.31. The van der Waals surface area contributed by atoms with Gasteiger partial charge in [-0.3, -0.25) is 4.79 Å². The zero-order valence-corrected chi connectivity index (χ0v) is 17.5. The number of hydrogen-bond acceptors (Lipinski definition) is 5. The molecule has 0 atom stereocenters. The first kappa shape index (κ1) is 19.7. The van der Waals surface area contributed by atoms with E-state index >= 15 is 0 Å². The van der Waals surface area contributed by atoms with E-state index in [1.165, 1.54) is 11.8 Å². The molecule has 0 fully saturated rings. The van der Waals surface area contributed by atoms with Gasteiger partial charge in [0.15, 0.2) is 11.0 Å². The first-order valence-electron chi connectivity index (χ1n) is 7.96. The van der Waals surface area contributed by atoms with Crippen molar-refractivity contribution in [1.29, 1.82) is 0 Å². The van der Waals surface area contributed by atoms with Gasteiger partial charge in [0, 0.05) is 22.2 Å². The molecular weight excluding hydrogens is 452 g/mol. The molecule has 0 aliphatic rings. The summed E-state index contributed by atoms with van der Waals surface area (Å²) in [7, 11) is 1.84. The predicted octanol–water partition coefficient (Wildman–Crippen LogP) is 4.54. The minimum atomic E-state index is -0.111. The lowest BCUT2D eigenvalue weighted by molar-refractivity contribution is -0.113. The summed E-state index contributed by atoms with van der Waals surface area (Å²) in [5.74, 6) is 1.49. The highest BCUT2D eigenvalue weighted by molar-refractivity contribution is 9.10. The molecule has 1 N–H and O–H groups in total. The van der Waals surface area contributed by atoms with Crippen LogP contribution in [-0.2, 0) is 18.4 Å². The van der Waals surface area contributed by atoms with Gasteiger partial charge < -0.3 is 14.6 Å². The number of aromatic nitrogens is 3. The van der Waals surface area contributed by atoms with Gasteiger partial charge >= 0.3 is 0 Å². The molecule has 0 aliphatic carbocycles. The van der Waals surface area contributed by atoms with Crippen molar-refractivity contribution in [1.82, 2.24) is 14.8 Å². The van der Waals surface area contributed by atoms with Crippen LogP contribution in [0.5, 0.6) is 5.75 Å². The molecule has 0 spiro atoms. The SMILES string of the molecule is Cn1c(COc2ccc(Cl)cc2)nnc1SCC(=O)Nc1cccc(Br)c1. The maximum Gasteiger partial charge on any atom is 0.234 e. The van der Waals surface area contributed by atoms with Crippen LogP contribution in [0.15, 0.2) is 58.2 Å². The number of nitrogens with zero attached hydrogens (tertiary/aromatic N) is 3. The molecule has 27 heavy (non-hydrogen) atoms. The molecule has 0 aliphatic heterocycles. The molecule has 0 radical (unpaired) electrons. The van der Waals surface area contributed by atoms with E-state index in [2.05, 4.69) is 31.4 Å². The van der Waals surface area contributed by atoms with Crippen molar-refractivity contribution in [2.24, 2.45) is 7.05 Å². The average molecular weight is 468 g/mol. The van der Waals surface area contributed by atoms with Gasteiger partial charge in [0.2, 0.25) is 5.91 Å². The Morgan fingerprint density at radius 2 is 2.04 bits per heavy atom. The number of anilines is 1. The van der Waals surface area contributed by atoms with Crippen LogP contribution < -0.4 is 10.1 Å². The molecule has 0 saturated carbocycles. The number of carbonyl (C=O) groups excluding carboxylic acids is 1. The lowest BCUT2D eigenvalue weighted by Gasteiger charge is -2.07. The van der Waals surface area contributed by atoms with Gasteiger partial charge in [-0.15, -0.1) is 10.2 Å². The third kappa shape index (κ3) is 5.72. The second kappa shape index (κ2) is 9.25. The van der Waals surface area contributed by atoms with E-state index < -0.39 is 0 Å². The summed E-state index contributed by atoms with van der Waals surface area (Å²) >= 11 is 10.6. The van der Waals surface area contributed by atoms with E-state index in [-0.39, 0.29) is 18.3 Å². The van der Waals surface area contributed by atoms with E-state index in [1.807, 2.05) is 35.9 Å². The normalized spacial score (nSPS) is 10.6. The lowest BCUT2D eigenvalue weighted by atomic mass is 10.3. The van der Waals surface area contributed by atoms with Crippen molar-refractivity contribution in [3.05, 3.63) is 63.9 Å². The van der Waals surface area contributed by atoms with Gasteiger partial charge in [0.25, 0.3) is 0 Å². The fraction of sp³-hybridized carbons (Fsp3) is 0.167. The van der Waals surface area contributed by atoms with E-state index in [4.69, 9.17) is 16.3 Å². The number of benzene rings is 2. The summed E-state index contributed by atoms with van der Waals surface area (Å²) in [6.45, 7) is 0.274. The Morgan fingerprint density at radius 1 is 1.26 bits per heavy atom. The maximum absolute atomic E-state index is 12.1. The number of thioether (sulfide) groups is 1. The van der Waals surface area contributed by atoms with Crippen LogP contribution in [0.2, 0.25) is 5.02 Å². The minimum absolute atomic E-state index is 0.111. The molecule has 0 unspecified atom stereocenters. The van der Waals surface area contributed by atoms with Gasteiger partial charge in [-0.2, -0.15) is 0 Å². The number of carbonyl (C=O) groups is 1. The Bertz CT molecular complexity index is 933. The number of nitrogens with one attached hydrogen (secondary N) is 1. The monoisotopic (exact) mass is 466 g/mol. The van der Waals surface area contributed by atoms with Crippen LogP contribution in [0.4, 0.5) is 5.69 Å². The Kier molecular flexibility index (Phi) is 6.76. The Balaban J connectivity index is 1.52. The predicted molar refractivity (Wildman–Crippen MR) is 110 cm³/mol. The zero-order chi connectivity index (χ0) is 19.2. The largest absolute Gasteiger partial charge is 0.486 e. The molecule has 1 heterocycles. The van der Waals surface area contributed by atoms with Crippen molar-refractivity contribution in [3.63, 3.8) is 0 Å². The molecular formula is C18H16BrClN4O2S. The Morgan fingerprint density at radius 3 is 2.78 bits per heavy atom. The summed E-state index contributed by atoms with van der Waals surface area (Å²) in [6, 6.07) is 14.6. The standard InChI is InChI=1S/C18H16BrClN4O2S/c1-24-16(10-26-15-7-5-13(20)6-8-15)22-23-18(24)27-11-17(25)21-14-4-2-3-12(19)9-14/h2-9H,10-11H2,1H3,(H,21,25). The smallest absolute Gasteiger partial charge is 0.234 e. The molecule has 3 rings (SSSR count). The summed E-state index contributed by atoms with van der Waals surface area (Å²) in [5, 5.41) is 12.4. The molecule has 140 valence electrons. The fourth-order valence-electron chi connectivity index (χ4n) is 2.17. The van der Waals surface area contributed by atoms with E-state index in [9.17, 15) is 4.79 Å². The third-order valence-electron chi connectivity index (χ3n) is 3.55. The Hall–Kier alpha value is -2.03. The zero-order valence-electron chi connectivity index (χ0n) is 14.4. The maximum atomic E-state index is 12.1. The average Bonchev–Trinajstić information content (AvgIpc) is 2.99. The van der Waals surface area contributed by atoms with Gasteiger partial charge in [-0.05, 0) is 42.5 Å². The first-order valence-corrected chi connectivity index (χ1v) is 10.1. The lowest BCUT2D eigenvalue weighted by Crippen LogP contribution is -2.14. The van der Waals surface area contributed by atoms with E-state index in [0.29, 0.717) is 21.8 Å². The summed E-state index contributed by atoms with van der Waals surface area (Å²) in [6.07, 6.45) is 0. The number of amides is 1. The van der Waals surface area contributed by atoms with Crippen molar-refractivity contribution >= 4 is 50.9 Å². The summed E-state index contributed by atoms with van der Waals surface area (Å²) in [4.78, 5) is 12.1. The molecule has 1 amide bonds. The number of ether oxygens (including phenoxy) is 1. The van der Waals surface area contributed by atoms with Crippen LogP contribution in [0.3, 0.4) is 0 Å². The second-order valence-corrected chi connectivity index (χ2v) is 7.84. The molecule has 9 heteroatoms. The summed E-state index contributed by atoms with van der Waals surface area (Å²) < 4.78 is 8.40. The topological polar surface area (TPSA) is 69.0 Å². The van der Waals surface area contributed by atoms with Crippen LogP contribution in [0.25, 0.3) is 0 Å². The second-order valence-electron chi connectivity index (χ2n) is 5.55. The fourth-order valence-corrected chi connectivity index (χ4v) is 3.42. The molecule has 6 nitrogen and oxygen atoms in total. The van der Waals surface area contributed by atoms with Gasteiger partial charge in [0.1, 0.15) is 12.4 Å². The molecule has 0 saturated heterocycles. The van der Waals surface area contributed by atoms with E-state index in [0.717, 1.165) is 10.2 Å². The minimum Gasteiger partial charge on any atom is -0.486 e.